The zero-order valence-electron chi connectivity index (χ0n) is 14.6. The fourth-order valence-corrected chi connectivity index (χ4v) is 4.42. The van der Waals surface area contributed by atoms with E-state index >= 15 is 0 Å². The molecule has 0 saturated carbocycles. The molecule has 2 aromatic carbocycles. The normalized spacial score (nSPS) is 11.5. The van der Waals surface area contributed by atoms with Crippen molar-refractivity contribution in [2.45, 2.75) is 23.1 Å². The maximum Gasteiger partial charge on any atom is 0.243 e. The quantitative estimate of drug-likeness (QED) is 0.663. The van der Waals surface area contributed by atoms with Gasteiger partial charge in [0, 0.05) is 22.2 Å². The largest absolute Gasteiger partial charge is 0.325 e. The SMILES string of the molecule is CCCN(CC(=O)Nc1cccc(SC)c1)S(=O)(=O)c1ccc(Cl)cc1. The average molecular weight is 413 g/mol. The zero-order valence-corrected chi connectivity index (χ0v) is 17.0. The van der Waals surface area contributed by atoms with Crippen molar-refractivity contribution >= 4 is 45.0 Å². The lowest BCUT2D eigenvalue weighted by atomic mass is 10.3. The van der Waals surface area contributed by atoms with Crippen LogP contribution in [0.4, 0.5) is 5.69 Å². The van der Waals surface area contributed by atoms with Gasteiger partial charge in [0.25, 0.3) is 0 Å². The number of carbonyl (C=O) groups is 1. The minimum Gasteiger partial charge on any atom is -0.325 e. The zero-order chi connectivity index (χ0) is 19.2. The summed E-state index contributed by atoms with van der Waals surface area (Å²) in [7, 11) is -3.77. The van der Waals surface area contributed by atoms with E-state index < -0.39 is 10.0 Å². The molecule has 0 aliphatic heterocycles. The molecule has 0 aromatic heterocycles. The van der Waals surface area contributed by atoms with Gasteiger partial charge in [-0.2, -0.15) is 4.31 Å². The first kappa shape index (κ1) is 20.8. The van der Waals surface area contributed by atoms with Gasteiger partial charge < -0.3 is 5.32 Å². The van der Waals surface area contributed by atoms with Gasteiger partial charge in [-0.1, -0.05) is 24.6 Å². The van der Waals surface area contributed by atoms with E-state index in [-0.39, 0.29) is 23.9 Å². The number of nitrogens with zero attached hydrogens (tertiary/aromatic N) is 1. The third-order valence-electron chi connectivity index (χ3n) is 3.60. The molecule has 2 rings (SSSR count). The second-order valence-electron chi connectivity index (χ2n) is 5.57. The van der Waals surface area contributed by atoms with Crippen molar-refractivity contribution in [2.75, 3.05) is 24.7 Å². The summed E-state index contributed by atoms with van der Waals surface area (Å²) >= 11 is 7.39. The summed E-state index contributed by atoms with van der Waals surface area (Å²) in [4.78, 5) is 13.5. The van der Waals surface area contributed by atoms with E-state index in [9.17, 15) is 13.2 Å². The summed E-state index contributed by atoms with van der Waals surface area (Å²) in [6.45, 7) is 1.87. The van der Waals surface area contributed by atoms with Crippen molar-refractivity contribution in [2.24, 2.45) is 0 Å². The van der Waals surface area contributed by atoms with Gasteiger partial charge in [0.2, 0.25) is 15.9 Å². The summed E-state index contributed by atoms with van der Waals surface area (Å²) in [6, 6.07) is 13.3. The van der Waals surface area contributed by atoms with Crippen molar-refractivity contribution < 1.29 is 13.2 Å². The summed E-state index contributed by atoms with van der Waals surface area (Å²) in [5.41, 5.74) is 0.641. The lowest BCUT2D eigenvalue weighted by molar-refractivity contribution is -0.116. The Morgan fingerprint density at radius 2 is 1.88 bits per heavy atom. The molecular formula is C18H21ClN2O3S2. The highest BCUT2D eigenvalue weighted by atomic mass is 35.5. The van der Waals surface area contributed by atoms with E-state index in [2.05, 4.69) is 5.32 Å². The van der Waals surface area contributed by atoms with Crippen LogP contribution in [0.1, 0.15) is 13.3 Å². The molecule has 5 nitrogen and oxygen atoms in total. The number of nitrogens with one attached hydrogen (secondary N) is 1. The number of amides is 1. The number of rotatable bonds is 8. The highest BCUT2D eigenvalue weighted by Crippen LogP contribution is 2.21. The number of anilines is 1. The van der Waals surface area contributed by atoms with Crippen LogP contribution in [-0.2, 0) is 14.8 Å². The van der Waals surface area contributed by atoms with Gasteiger partial charge in [-0.05, 0) is 55.1 Å². The first-order valence-corrected chi connectivity index (χ1v) is 11.1. The Kier molecular flexibility index (Phi) is 7.52. The first-order valence-electron chi connectivity index (χ1n) is 8.06. The van der Waals surface area contributed by atoms with Gasteiger partial charge in [0.05, 0.1) is 11.4 Å². The predicted molar refractivity (Wildman–Crippen MR) is 107 cm³/mol. The van der Waals surface area contributed by atoms with Crippen LogP contribution in [0, 0.1) is 0 Å². The van der Waals surface area contributed by atoms with Crippen LogP contribution in [0.3, 0.4) is 0 Å². The molecule has 0 aliphatic rings. The standard InChI is InChI=1S/C18H21ClN2O3S2/c1-3-11-21(26(23,24)17-9-7-14(19)8-10-17)13-18(22)20-15-5-4-6-16(12-15)25-2/h4-10,12H,3,11,13H2,1-2H3,(H,20,22). The molecule has 8 heteroatoms. The lowest BCUT2D eigenvalue weighted by Gasteiger charge is -2.21. The lowest BCUT2D eigenvalue weighted by Crippen LogP contribution is -2.38. The topological polar surface area (TPSA) is 66.5 Å². The third kappa shape index (κ3) is 5.48. The van der Waals surface area contributed by atoms with Crippen molar-refractivity contribution in [3.8, 4) is 0 Å². The molecule has 0 fully saturated rings. The molecule has 1 amide bonds. The predicted octanol–water partition coefficient (Wildman–Crippen LogP) is 4.10. The van der Waals surface area contributed by atoms with Gasteiger partial charge >= 0.3 is 0 Å². The third-order valence-corrected chi connectivity index (χ3v) is 6.43. The van der Waals surface area contributed by atoms with Gasteiger partial charge in [0.15, 0.2) is 0 Å². The minimum absolute atomic E-state index is 0.118. The molecule has 0 radical (unpaired) electrons. The fourth-order valence-electron chi connectivity index (χ4n) is 2.35. The first-order chi connectivity index (χ1) is 12.4. The van der Waals surface area contributed by atoms with Crippen LogP contribution < -0.4 is 5.32 Å². The molecular weight excluding hydrogens is 392 g/mol. The molecule has 2 aromatic rings. The fraction of sp³-hybridized carbons (Fsp3) is 0.278. The Morgan fingerprint density at radius 3 is 2.50 bits per heavy atom. The van der Waals surface area contributed by atoms with E-state index in [1.165, 1.54) is 28.6 Å². The van der Waals surface area contributed by atoms with Gasteiger partial charge in [-0.3, -0.25) is 4.79 Å². The van der Waals surface area contributed by atoms with Gasteiger partial charge in [-0.15, -0.1) is 11.8 Å². The molecule has 26 heavy (non-hydrogen) atoms. The van der Waals surface area contributed by atoms with Crippen LogP contribution in [0.15, 0.2) is 58.3 Å². The summed E-state index contributed by atoms with van der Waals surface area (Å²) in [5.74, 6) is -0.380. The van der Waals surface area contributed by atoms with Crippen molar-refractivity contribution in [1.29, 1.82) is 0 Å². The van der Waals surface area contributed by atoms with Gasteiger partial charge in [-0.25, -0.2) is 8.42 Å². The number of sulfonamides is 1. The number of hydrogen-bond donors (Lipinski definition) is 1. The number of benzene rings is 2. The summed E-state index contributed by atoms with van der Waals surface area (Å²) in [5, 5.41) is 3.21. The second kappa shape index (κ2) is 9.41. The molecule has 0 saturated heterocycles. The molecule has 0 spiro atoms. The maximum absolute atomic E-state index is 12.8. The number of hydrogen-bond acceptors (Lipinski definition) is 4. The van der Waals surface area contributed by atoms with E-state index in [4.69, 9.17) is 11.6 Å². The second-order valence-corrected chi connectivity index (χ2v) is 8.83. The summed E-state index contributed by atoms with van der Waals surface area (Å²) in [6.07, 6.45) is 2.55. The average Bonchev–Trinajstić information content (AvgIpc) is 2.62. The molecule has 0 bridgehead atoms. The Hall–Kier alpha value is -1.54. The Balaban J connectivity index is 2.15. The molecule has 0 atom stereocenters. The van der Waals surface area contributed by atoms with Crippen LogP contribution in [0.5, 0.6) is 0 Å². The number of carbonyl (C=O) groups excluding carboxylic acids is 1. The highest BCUT2D eigenvalue weighted by Gasteiger charge is 2.26. The summed E-state index contributed by atoms with van der Waals surface area (Å²) < 4.78 is 26.8. The maximum atomic E-state index is 12.8. The monoisotopic (exact) mass is 412 g/mol. The molecule has 140 valence electrons. The van der Waals surface area contributed by atoms with Crippen LogP contribution in [-0.4, -0.2) is 38.0 Å². The minimum atomic E-state index is -3.77. The molecule has 0 unspecified atom stereocenters. The number of thioether (sulfide) groups is 1. The van der Waals surface area contributed by atoms with Crippen molar-refractivity contribution in [3.05, 3.63) is 53.6 Å². The van der Waals surface area contributed by atoms with E-state index in [0.29, 0.717) is 17.1 Å². The Labute approximate surface area is 163 Å². The van der Waals surface area contributed by atoms with Crippen LogP contribution in [0.25, 0.3) is 0 Å². The Morgan fingerprint density at radius 1 is 1.19 bits per heavy atom. The van der Waals surface area contributed by atoms with E-state index in [1.54, 1.807) is 17.8 Å². The van der Waals surface area contributed by atoms with E-state index in [1.807, 2.05) is 31.4 Å². The van der Waals surface area contributed by atoms with Crippen molar-refractivity contribution in [1.82, 2.24) is 4.31 Å². The van der Waals surface area contributed by atoms with Crippen molar-refractivity contribution in [3.63, 3.8) is 0 Å². The smallest absolute Gasteiger partial charge is 0.243 e. The van der Waals surface area contributed by atoms with Gasteiger partial charge in [0.1, 0.15) is 0 Å². The van der Waals surface area contributed by atoms with Crippen LogP contribution >= 0.6 is 23.4 Å². The molecule has 1 N–H and O–H groups in total. The molecule has 0 heterocycles. The molecule has 0 aliphatic carbocycles. The highest BCUT2D eigenvalue weighted by molar-refractivity contribution is 7.98. The van der Waals surface area contributed by atoms with Crippen LogP contribution in [0.2, 0.25) is 5.02 Å². The Bertz CT molecular complexity index is 855. The van der Waals surface area contributed by atoms with E-state index in [0.717, 1.165) is 4.90 Å². The number of halogens is 1.